The van der Waals surface area contributed by atoms with Crippen LogP contribution in [-0.2, 0) is 0 Å². The molecular formula is C15H16N2O4S. The molecule has 1 aliphatic rings. The van der Waals surface area contributed by atoms with Crippen LogP contribution in [0.15, 0.2) is 42.7 Å². The fourth-order valence-corrected chi connectivity index (χ4v) is 3.27. The van der Waals surface area contributed by atoms with Gasteiger partial charge in [0.2, 0.25) is 5.88 Å². The molecule has 0 saturated carbocycles. The third-order valence-electron chi connectivity index (χ3n) is 3.37. The van der Waals surface area contributed by atoms with Gasteiger partial charge in [-0.25, -0.2) is 4.98 Å². The number of aliphatic hydroxyl groups excluding tert-OH is 3. The van der Waals surface area contributed by atoms with Crippen LogP contribution >= 0.6 is 11.8 Å². The first-order valence-electron chi connectivity index (χ1n) is 6.85. The van der Waals surface area contributed by atoms with Crippen LogP contribution in [0.3, 0.4) is 0 Å². The van der Waals surface area contributed by atoms with Crippen LogP contribution in [0.5, 0.6) is 5.88 Å². The highest BCUT2D eigenvalue weighted by atomic mass is 32.2. The van der Waals surface area contributed by atoms with Crippen LogP contribution < -0.4 is 4.74 Å². The third-order valence-corrected chi connectivity index (χ3v) is 4.61. The van der Waals surface area contributed by atoms with Gasteiger partial charge in [-0.1, -0.05) is 6.07 Å². The highest BCUT2D eigenvalue weighted by Crippen LogP contribution is 2.29. The molecule has 2 aromatic heterocycles. The van der Waals surface area contributed by atoms with E-state index in [9.17, 15) is 15.3 Å². The summed E-state index contributed by atoms with van der Waals surface area (Å²) in [7, 11) is 0. The Kier molecular flexibility index (Phi) is 4.58. The molecule has 0 radical (unpaired) electrons. The predicted molar refractivity (Wildman–Crippen MR) is 82.4 cm³/mol. The number of ether oxygens (including phenoxy) is 1. The van der Waals surface area contributed by atoms with Crippen LogP contribution in [0.4, 0.5) is 0 Å². The van der Waals surface area contributed by atoms with Crippen LogP contribution in [0.2, 0.25) is 0 Å². The second-order valence-electron chi connectivity index (χ2n) is 4.97. The highest BCUT2D eigenvalue weighted by Gasteiger charge is 2.38. The van der Waals surface area contributed by atoms with Gasteiger partial charge in [-0.05, 0) is 18.2 Å². The predicted octanol–water partition coefficient (Wildman–Crippen LogP) is 0.678. The van der Waals surface area contributed by atoms with Crippen molar-refractivity contribution < 1.29 is 20.1 Å². The van der Waals surface area contributed by atoms with Crippen molar-refractivity contribution in [1.82, 2.24) is 9.97 Å². The lowest BCUT2D eigenvalue weighted by Crippen LogP contribution is -2.50. The number of thioether (sulfide) groups is 1. The van der Waals surface area contributed by atoms with E-state index in [4.69, 9.17) is 4.74 Å². The minimum absolute atomic E-state index is 0.297. The molecule has 116 valence electrons. The van der Waals surface area contributed by atoms with E-state index in [2.05, 4.69) is 9.97 Å². The molecule has 1 aliphatic heterocycles. The summed E-state index contributed by atoms with van der Waals surface area (Å²) in [6.45, 7) is 0. The van der Waals surface area contributed by atoms with Gasteiger partial charge in [0.25, 0.3) is 0 Å². The summed E-state index contributed by atoms with van der Waals surface area (Å²) >= 11 is 1.25. The van der Waals surface area contributed by atoms with Gasteiger partial charge in [0.15, 0.2) is 5.44 Å². The van der Waals surface area contributed by atoms with E-state index in [0.717, 1.165) is 5.56 Å². The van der Waals surface area contributed by atoms with Crippen molar-refractivity contribution in [2.45, 2.75) is 23.7 Å². The Balaban J connectivity index is 1.76. The molecule has 22 heavy (non-hydrogen) atoms. The van der Waals surface area contributed by atoms with E-state index in [1.54, 1.807) is 24.5 Å². The average molecular weight is 320 g/mol. The second kappa shape index (κ2) is 6.62. The molecule has 0 bridgehead atoms. The van der Waals surface area contributed by atoms with Crippen LogP contribution in [-0.4, -0.2) is 54.8 Å². The zero-order valence-electron chi connectivity index (χ0n) is 11.6. The maximum atomic E-state index is 9.96. The lowest BCUT2D eigenvalue weighted by Gasteiger charge is -2.34. The van der Waals surface area contributed by atoms with Gasteiger partial charge >= 0.3 is 0 Å². The van der Waals surface area contributed by atoms with Gasteiger partial charge in [0, 0.05) is 29.8 Å². The zero-order valence-corrected chi connectivity index (χ0v) is 12.4. The molecule has 3 rings (SSSR count). The standard InChI is InChI=1S/C15H16N2O4S/c18-11-8-22-15(14(20)13(11)19)21-12-5-1-4-10(17-12)9-3-2-6-16-7-9/h1-7,11,13-15,18-20H,8H2/t11-,13+,14-,15-/m1/s1. The molecule has 1 saturated heterocycles. The first-order valence-corrected chi connectivity index (χ1v) is 7.90. The molecule has 3 heterocycles. The third kappa shape index (κ3) is 3.22. The van der Waals surface area contributed by atoms with E-state index in [0.29, 0.717) is 17.3 Å². The van der Waals surface area contributed by atoms with Gasteiger partial charge in [-0.15, -0.1) is 11.8 Å². The van der Waals surface area contributed by atoms with Crippen LogP contribution in [0, 0.1) is 0 Å². The average Bonchev–Trinajstić information content (AvgIpc) is 2.57. The number of aromatic nitrogens is 2. The SMILES string of the molecule is O[C@@H]1[C@@H](O)[C@H](Oc2cccc(-c3cccnc3)n2)SC[C@H]1O. The highest BCUT2D eigenvalue weighted by molar-refractivity contribution is 7.99. The van der Waals surface area contributed by atoms with Crippen molar-refractivity contribution in [1.29, 1.82) is 0 Å². The number of rotatable bonds is 3. The largest absolute Gasteiger partial charge is 0.460 e. The summed E-state index contributed by atoms with van der Waals surface area (Å²) in [5, 5.41) is 29.2. The van der Waals surface area contributed by atoms with Crippen molar-refractivity contribution in [2.75, 3.05) is 5.75 Å². The van der Waals surface area contributed by atoms with Crippen molar-refractivity contribution in [2.24, 2.45) is 0 Å². The lowest BCUT2D eigenvalue weighted by molar-refractivity contribution is -0.0791. The molecule has 6 nitrogen and oxygen atoms in total. The summed E-state index contributed by atoms with van der Waals surface area (Å²) < 4.78 is 5.66. The number of nitrogens with zero attached hydrogens (tertiary/aromatic N) is 2. The first kappa shape index (κ1) is 15.2. The molecular weight excluding hydrogens is 304 g/mol. The summed E-state index contributed by atoms with van der Waals surface area (Å²) in [5.74, 6) is 0.645. The summed E-state index contributed by atoms with van der Waals surface area (Å²) in [6, 6.07) is 9.04. The summed E-state index contributed by atoms with van der Waals surface area (Å²) in [4.78, 5) is 8.44. The number of hydrogen-bond donors (Lipinski definition) is 3. The Morgan fingerprint density at radius 2 is 1.95 bits per heavy atom. The molecule has 3 N–H and O–H groups in total. The van der Waals surface area contributed by atoms with E-state index in [1.807, 2.05) is 18.2 Å². The van der Waals surface area contributed by atoms with Gasteiger partial charge in [-0.3, -0.25) is 4.98 Å². The number of hydrogen-bond acceptors (Lipinski definition) is 7. The van der Waals surface area contributed by atoms with Crippen molar-refractivity contribution >= 4 is 11.8 Å². The van der Waals surface area contributed by atoms with Gasteiger partial charge in [-0.2, -0.15) is 0 Å². The van der Waals surface area contributed by atoms with Crippen molar-refractivity contribution in [3.63, 3.8) is 0 Å². The van der Waals surface area contributed by atoms with E-state index in [1.165, 1.54) is 11.8 Å². The van der Waals surface area contributed by atoms with E-state index in [-0.39, 0.29) is 0 Å². The lowest BCUT2D eigenvalue weighted by atomic mass is 10.1. The summed E-state index contributed by atoms with van der Waals surface area (Å²) in [6.07, 6.45) is 0.0574. The van der Waals surface area contributed by atoms with Crippen LogP contribution in [0.1, 0.15) is 0 Å². The fraction of sp³-hybridized carbons (Fsp3) is 0.333. The molecule has 0 aromatic carbocycles. The molecule has 0 amide bonds. The monoisotopic (exact) mass is 320 g/mol. The van der Waals surface area contributed by atoms with Gasteiger partial charge in [0.05, 0.1) is 11.8 Å². The molecule has 0 spiro atoms. The van der Waals surface area contributed by atoms with Crippen molar-refractivity contribution in [3.8, 4) is 17.1 Å². The normalized spacial score (nSPS) is 28.3. The Morgan fingerprint density at radius 3 is 2.73 bits per heavy atom. The molecule has 0 unspecified atom stereocenters. The Labute approximate surface area is 131 Å². The fourth-order valence-electron chi connectivity index (χ4n) is 2.16. The Morgan fingerprint density at radius 1 is 1.09 bits per heavy atom. The minimum atomic E-state index is -1.22. The molecule has 7 heteroatoms. The molecule has 2 aromatic rings. The smallest absolute Gasteiger partial charge is 0.214 e. The Hall–Kier alpha value is -1.67. The maximum Gasteiger partial charge on any atom is 0.214 e. The first-order chi connectivity index (χ1) is 10.6. The second-order valence-corrected chi connectivity index (χ2v) is 6.10. The molecule has 4 atom stereocenters. The van der Waals surface area contributed by atoms with E-state index < -0.39 is 23.7 Å². The quantitative estimate of drug-likeness (QED) is 0.765. The van der Waals surface area contributed by atoms with E-state index >= 15 is 0 Å². The minimum Gasteiger partial charge on any atom is -0.460 e. The number of pyridine rings is 2. The maximum absolute atomic E-state index is 9.96. The summed E-state index contributed by atoms with van der Waals surface area (Å²) in [5.41, 5.74) is 0.900. The number of aliphatic hydroxyl groups is 3. The van der Waals surface area contributed by atoms with Gasteiger partial charge in [0.1, 0.15) is 12.2 Å². The van der Waals surface area contributed by atoms with Gasteiger partial charge < -0.3 is 20.1 Å². The molecule has 1 fully saturated rings. The zero-order chi connectivity index (χ0) is 15.5. The van der Waals surface area contributed by atoms with Crippen LogP contribution in [0.25, 0.3) is 11.3 Å². The Bertz CT molecular complexity index is 628. The topological polar surface area (TPSA) is 95.7 Å². The molecule has 0 aliphatic carbocycles. The van der Waals surface area contributed by atoms with Crippen molar-refractivity contribution in [3.05, 3.63) is 42.7 Å².